The average Bonchev–Trinajstić information content (AvgIpc) is 3.34. The van der Waals surface area contributed by atoms with E-state index in [9.17, 15) is 0 Å². The summed E-state index contributed by atoms with van der Waals surface area (Å²) in [4.78, 5) is 12.5. The van der Waals surface area contributed by atoms with Crippen LogP contribution in [0.25, 0.3) is 0 Å². The second-order valence-corrected chi connectivity index (χ2v) is 6.83. The minimum atomic E-state index is 0.403. The molecule has 0 saturated carbocycles. The number of ether oxygens (including phenoxy) is 1. The highest BCUT2D eigenvalue weighted by Crippen LogP contribution is 2.19. The van der Waals surface area contributed by atoms with Gasteiger partial charge in [-0.25, -0.2) is 9.98 Å². The van der Waals surface area contributed by atoms with Crippen molar-refractivity contribution >= 4 is 11.5 Å². The lowest BCUT2D eigenvalue weighted by Crippen LogP contribution is -2.14. The number of rotatable bonds is 12. The molecule has 166 valence electrons. The third-order valence-corrected chi connectivity index (χ3v) is 4.53. The van der Waals surface area contributed by atoms with Gasteiger partial charge < -0.3 is 10.5 Å². The Morgan fingerprint density at radius 2 is 1.71 bits per heavy atom. The molecule has 2 heterocycles. The van der Waals surface area contributed by atoms with Crippen molar-refractivity contribution in [3.63, 3.8) is 0 Å². The Balaban J connectivity index is 0.00000166. The van der Waals surface area contributed by atoms with Crippen molar-refractivity contribution in [3.8, 4) is 5.75 Å². The number of unbranched alkanes of at least 4 members (excludes halogenated alkanes) is 5. The van der Waals surface area contributed by atoms with Gasteiger partial charge in [0, 0.05) is 12.7 Å². The fraction of sp³-hybridized carbons (Fsp3) is 0.417. The zero-order valence-corrected chi connectivity index (χ0v) is 18.7. The Bertz CT molecular complexity index is 848. The van der Waals surface area contributed by atoms with Crippen LogP contribution in [0, 0.1) is 0 Å². The second kappa shape index (κ2) is 14.7. The normalized spacial score (nSPS) is 11.0. The van der Waals surface area contributed by atoms with Crippen LogP contribution in [0.15, 0.2) is 66.3 Å². The highest BCUT2D eigenvalue weighted by atomic mass is 16.5. The van der Waals surface area contributed by atoms with Crippen LogP contribution in [0.3, 0.4) is 0 Å². The van der Waals surface area contributed by atoms with Gasteiger partial charge in [-0.1, -0.05) is 45.6 Å². The van der Waals surface area contributed by atoms with Gasteiger partial charge in [0.05, 0.1) is 12.3 Å². The first-order chi connectivity index (χ1) is 15.3. The first-order valence-electron chi connectivity index (χ1n) is 11.1. The van der Waals surface area contributed by atoms with Gasteiger partial charge in [0.1, 0.15) is 29.9 Å². The van der Waals surface area contributed by atoms with Crippen LogP contribution in [0.5, 0.6) is 5.75 Å². The molecule has 0 radical (unpaired) electrons. The fourth-order valence-corrected chi connectivity index (χ4v) is 2.95. The summed E-state index contributed by atoms with van der Waals surface area (Å²) in [7, 11) is 0. The van der Waals surface area contributed by atoms with Gasteiger partial charge in [0.2, 0.25) is 0 Å². The Morgan fingerprint density at radius 1 is 0.968 bits per heavy atom. The van der Waals surface area contributed by atoms with Gasteiger partial charge in [-0.2, -0.15) is 5.10 Å². The van der Waals surface area contributed by atoms with Crippen LogP contribution in [-0.4, -0.2) is 32.2 Å². The first kappa shape index (κ1) is 24.1. The maximum Gasteiger partial charge on any atom is 0.150 e. The molecule has 2 N–H and O–H groups in total. The Hall–Kier alpha value is -3.22. The lowest BCUT2D eigenvalue weighted by molar-refractivity contribution is 0.304. The molecule has 0 bridgehead atoms. The first-order valence-corrected chi connectivity index (χ1v) is 11.1. The van der Waals surface area contributed by atoms with Crippen molar-refractivity contribution in [1.29, 1.82) is 0 Å². The van der Waals surface area contributed by atoms with Crippen molar-refractivity contribution in [1.82, 2.24) is 19.7 Å². The molecular weight excluding hydrogens is 388 g/mol. The smallest absolute Gasteiger partial charge is 0.150 e. The van der Waals surface area contributed by atoms with E-state index in [1.54, 1.807) is 18.9 Å². The number of amidine groups is 1. The molecule has 0 aliphatic heterocycles. The van der Waals surface area contributed by atoms with Gasteiger partial charge in [-0.15, -0.1) is 0 Å². The van der Waals surface area contributed by atoms with E-state index < -0.39 is 0 Å². The van der Waals surface area contributed by atoms with Crippen molar-refractivity contribution in [2.45, 2.75) is 58.9 Å². The van der Waals surface area contributed by atoms with Gasteiger partial charge >= 0.3 is 0 Å². The number of benzene rings is 1. The van der Waals surface area contributed by atoms with Crippen molar-refractivity contribution in [2.24, 2.45) is 10.7 Å². The second-order valence-electron chi connectivity index (χ2n) is 6.83. The van der Waals surface area contributed by atoms with E-state index in [1.807, 2.05) is 61.0 Å². The number of nitrogens with two attached hydrogens (primary N) is 1. The molecule has 0 aliphatic rings. The van der Waals surface area contributed by atoms with Crippen LogP contribution in [0.4, 0.5) is 5.69 Å². The zero-order chi connectivity index (χ0) is 22.2. The molecule has 2 aromatic heterocycles. The molecule has 7 heteroatoms. The van der Waals surface area contributed by atoms with E-state index >= 15 is 0 Å². The van der Waals surface area contributed by atoms with E-state index in [0.717, 1.165) is 37.4 Å². The molecule has 0 fully saturated rings. The third kappa shape index (κ3) is 9.42. The maximum absolute atomic E-state index is 6.00. The number of aliphatic imine (C=N–C) groups is 1. The zero-order valence-electron chi connectivity index (χ0n) is 18.7. The third-order valence-electron chi connectivity index (χ3n) is 4.53. The van der Waals surface area contributed by atoms with Crippen molar-refractivity contribution in [3.05, 3.63) is 67.0 Å². The molecule has 1 aromatic carbocycles. The SMILES string of the molecule is CC.NC(=Nc1ccc(OCCCCCCCCn2cncn2)cc1)c1ccccn1. The van der Waals surface area contributed by atoms with Crippen LogP contribution >= 0.6 is 0 Å². The van der Waals surface area contributed by atoms with Gasteiger partial charge in [-0.05, 0) is 49.2 Å². The highest BCUT2D eigenvalue weighted by molar-refractivity contribution is 5.97. The van der Waals surface area contributed by atoms with Crippen molar-refractivity contribution in [2.75, 3.05) is 6.61 Å². The Morgan fingerprint density at radius 3 is 2.39 bits per heavy atom. The molecule has 0 saturated heterocycles. The summed E-state index contributed by atoms with van der Waals surface area (Å²) in [6, 6.07) is 13.2. The quantitative estimate of drug-likeness (QED) is 0.247. The summed E-state index contributed by atoms with van der Waals surface area (Å²) in [5, 5.41) is 4.11. The molecule has 3 aromatic rings. The predicted octanol–water partition coefficient (Wildman–Crippen LogP) is 5.16. The maximum atomic E-state index is 6.00. The Labute approximate surface area is 185 Å². The number of nitrogens with zero attached hydrogens (tertiary/aromatic N) is 5. The van der Waals surface area contributed by atoms with E-state index in [0.29, 0.717) is 11.5 Å². The average molecular weight is 423 g/mol. The number of aryl methyl sites for hydroxylation is 1. The number of aromatic nitrogens is 4. The lowest BCUT2D eigenvalue weighted by Gasteiger charge is -2.07. The van der Waals surface area contributed by atoms with Gasteiger partial charge in [0.25, 0.3) is 0 Å². The van der Waals surface area contributed by atoms with E-state index in [2.05, 4.69) is 20.1 Å². The minimum absolute atomic E-state index is 0.403. The molecule has 7 nitrogen and oxygen atoms in total. The van der Waals surface area contributed by atoms with Gasteiger partial charge in [-0.3, -0.25) is 9.67 Å². The van der Waals surface area contributed by atoms with Crippen LogP contribution in [0.1, 0.15) is 58.1 Å². The summed E-state index contributed by atoms with van der Waals surface area (Å²) in [6.07, 6.45) is 12.2. The van der Waals surface area contributed by atoms with Gasteiger partial charge in [0.15, 0.2) is 0 Å². The van der Waals surface area contributed by atoms with E-state index in [1.165, 1.54) is 25.7 Å². The van der Waals surface area contributed by atoms with E-state index in [-0.39, 0.29) is 0 Å². The predicted molar refractivity (Wildman–Crippen MR) is 126 cm³/mol. The molecule has 0 amide bonds. The molecule has 0 aliphatic carbocycles. The lowest BCUT2D eigenvalue weighted by atomic mass is 10.1. The molecule has 0 atom stereocenters. The highest BCUT2D eigenvalue weighted by Gasteiger charge is 2.00. The summed E-state index contributed by atoms with van der Waals surface area (Å²) in [5.74, 6) is 1.26. The van der Waals surface area contributed by atoms with Crippen LogP contribution in [0.2, 0.25) is 0 Å². The summed E-state index contributed by atoms with van der Waals surface area (Å²) >= 11 is 0. The molecule has 31 heavy (non-hydrogen) atoms. The summed E-state index contributed by atoms with van der Waals surface area (Å²) < 4.78 is 7.70. The van der Waals surface area contributed by atoms with E-state index in [4.69, 9.17) is 10.5 Å². The fourth-order valence-electron chi connectivity index (χ4n) is 2.95. The largest absolute Gasteiger partial charge is 0.494 e. The molecular formula is C24H34N6O. The molecule has 0 spiro atoms. The molecule has 3 rings (SSSR count). The summed E-state index contributed by atoms with van der Waals surface area (Å²) in [5.41, 5.74) is 7.45. The Kier molecular flexibility index (Phi) is 11.4. The topological polar surface area (TPSA) is 91.2 Å². The number of hydrogen-bond donors (Lipinski definition) is 1. The number of hydrogen-bond acceptors (Lipinski definition) is 5. The standard InChI is InChI=1S/C22H28N6O.C2H6/c23-22(21-9-5-6-14-25-21)27-19-10-12-20(13-11-19)29-16-8-4-2-1-3-7-15-28-18-24-17-26-28;1-2/h5-6,9-14,17-18H,1-4,7-8,15-16H2,(H2,23,27);1-2H3. The number of pyridine rings is 1. The minimum Gasteiger partial charge on any atom is -0.494 e. The molecule has 0 unspecified atom stereocenters. The monoisotopic (exact) mass is 422 g/mol. The van der Waals surface area contributed by atoms with Crippen molar-refractivity contribution < 1.29 is 4.74 Å². The van der Waals surface area contributed by atoms with Crippen LogP contribution in [-0.2, 0) is 6.54 Å². The summed E-state index contributed by atoms with van der Waals surface area (Å²) in [6.45, 7) is 5.69. The van der Waals surface area contributed by atoms with Crippen LogP contribution < -0.4 is 10.5 Å².